The number of Topliss-reactive ketones (excluding diaryl/α,β-unsaturated/α-hetero) is 1. The molecule has 1 saturated carbocycles. The third kappa shape index (κ3) is 4.40. The number of aryl methyl sites for hydroxylation is 1. The molecule has 3 nitrogen and oxygen atoms in total. The largest absolute Gasteiger partial charge is 0.345 e. The number of carbonyl (C=O) groups is 1. The molecule has 3 rings (SSSR count). The molecule has 1 N–H and O–H groups in total. The second-order valence-electron chi connectivity index (χ2n) is 7.28. The molecule has 0 spiro atoms. The Morgan fingerprint density at radius 3 is 2.56 bits per heavy atom. The van der Waals surface area contributed by atoms with Crippen LogP contribution in [0.2, 0.25) is 0 Å². The molecule has 1 aliphatic rings. The molecule has 134 valence electrons. The lowest BCUT2D eigenvalue weighted by atomic mass is 9.95. The fraction of sp³-hybridized carbons (Fsp3) is 0.500. The first kappa shape index (κ1) is 17.9. The van der Waals surface area contributed by atoms with Crippen molar-refractivity contribution in [3.8, 4) is 0 Å². The highest BCUT2D eigenvalue weighted by molar-refractivity contribution is 5.99. The molecule has 0 unspecified atom stereocenters. The molecule has 1 aromatic heterocycles. The Balaban J connectivity index is 1.57. The third-order valence-electron chi connectivity index (χ3n) is 5.44. The zero-order valence-corrected chi connectivity index (χ0v) is 15.6. The van der Waals surface area contributed by atoms with Gasteiger partial charge in [0.15, 0.2) is 5.78 Å². The van der Waals surface area contributed by atoms with Crippen molar-refractivity contribution < 1.29 is 4.79 Å². The first-order valence-electron chi connectivity index (χ1n) is 9.63. The SMILES string of the molecule is Cc1cc(C(=O)CNCCc2ccccc2)c(C)n1C1CCCCC1. The molecule has 0 saturated heterocycles. The van der Waals surface area contributed by atoms with Gasteiger partial charge in [0, 0.05) is 23.0 Å². The normalized spacial score (nSPS) is 15.4. The van der Waals surface area contributed by atoms with Crippen LogP contribution in [0.5, 0.6) is 0 Å². The fourth-order valence-corrected chi connectivity index (χ4v) is 4.14. The van der Waals surface area contributed by atoms with Crippen LogP contribution in [0.15, 0.2) is 36.4 Å². The fourth-order valence-electron chi connectivity index (χ4n) is 4.14. The van der Waals surface area contributed by atoms with Gasteiger partial charge in [-0.25, -0.2) is 0 Å². The molecular weight excluding hydrogens is 308 g/mol. The molecule has 1 fully saturated rings. The number of hydrogen-bond acceptors (Lipinski definition) is 2. The summed E-state index contributed by atoms with van der Waals surface area (Å²) >= 11 is 0. The van der Waals surface area contributed by atoms with Crippen molar-refractivity contribution >= 4 is 5.78 Å². The van der Waals surface area contributed by atoms with Crippen LogP contribution in [0, 0.1) is 13.8 Å². The molecular formula is C22H30N2O. The minimum atomic E-state index is 0.211. The highest BCUT2D eigenvalue weighted by Crippen LogP contribution is 2.32. The van der Waals surface area contributed by atoms with Crippen LogP contribution in [0.3, 0.4) is 0 Å². The second kappa shape index (κ2) is 8.48. The van der Waals surface area contributed by atoms with E-state index in [-0.39, 0.29) is 5.78 Å². The molecule has 0 atom stereocenters. The minimum absolute atomic E-state index is 0.211. The molecule has 25 heavy (non-hydrogen) atoms. The van der Waals surface area contributed by atoms with Crippen molar-refractivity contribution in [2.75, 3.05) is 13.1 Å². The van der Waals surface area contributed by atoms with Crippen molar-refractivity contribution in [2.24, 2.45) is 0 Å². The summed E-state index contributed by atoms with van der Waals surface area (Å²) in [7, 11) is 0. The van der Waals surface area contributed by atoms with Crippen molar-refractivity contribution in [3.05, 3.63) is 58.9 Å². The summed E-state index contributed by atoms with van der Waals surface area (Å²) in [6.45, 7) is 5.50. The molecule has 2 aromatic rings. The average molecular weight is 338 g/mol. The van der Waals surface area contributed by atoms with E-state index < -0.39 is 0 Å². The smallest absolute Gasteiger partial charge is 0.178 e. The zero-order valence-electron chi connectivity index (χ0n) is 15.6. The highest BCUT2D eigenvalue weighted by atomic mass is 16.1. The third-order valence-corrected chi connectivity index (χ3v) is 5.44. The molecule has 0 amide bonds. The van der Waals surface area contributed by atoms with Gasteiger partial charge >= 0.3 is 0 Å². The van der Waals surface area contributed by atoms with Gasteiger partial charge < -0.3 is 9.88 Å². The molecule has 1 aliphatic carbocycles. The van der Waals surface area contributed by atoms with Gasteiger partial charge in [-0.15, -0.1) is 0 Å². The number of hydrogen-bond donors (Lipinski definition) is 1. The second-order valence-corrected chi connectivity index (χ2v) is 7.28. The van der Waals surface area contributed by atoms with Gasteiger partial charge in [0.2, 0.25) is 0 Å². The Hall–Kier alpha value is -1.87. The molecule has 3 heteroatoms. The van der Waals surface area contributed by atoms with Gasteiger partial charge in [0.05, 0.1) is 6.54 Å². The lowest BCUT2D eigenvalue weighted by Crippen LogP contribution is -2.25. The maximum Gasteiger partial charge on any atom is 0.178 e. The summed E-state index contributed by atoms with van der Waals surface area (Å²) in [5.74, 6) is 0.211. The van der Waals surface area contributed by atoms with Crippen LogP contribution >= 0.6 is 0 Å². The zero-order chi connectivity index (χ0) is 17.6. The van der Waals surface area contributed by atoms with Crippen molar-refractivity contribution in [2.45, 2.75) is 58.4 Å². The Bertz CT molecular complexity index is 696. The molecule has 0 bridgehead atoms. The van der Waals surface area contributed by atoms with E-state index in [0.29, 0.717) is 12.6 Å². The topological polar surface area (TPSA) is 34.0 Å². The standard InChI is InChI=1S/C22H30N2O/c1-17-15-21(18(2)24(17)20-11-7-4-8-12-20)22(25)16-23-14-13-19-9-5-3-6-10-19/h3,5-6,9-10,15,20,23H,4,7-8,11-14,16H2,1-2H3. The van der Waals surface area contributed by atoms with Crippen molar-refractivity contribution in [1.29, 1.82) is 0 Å². The van der Waals surface area contributed by atoms with Crippen LogP contribution in [0.4, 0.5) is 0 Å². The molecule has 1 aromatic carbocycles. The molecule has 1 heterocycles. The number of benzene rings is 1. The minimum Gasteiger partial charge on any atom is -0.345 e. The van der Waals surface area contributed by atoms with Gasteiger partial charge in [-0.2, -0.15) is 0 Å². The lowest BCUT2D eigenvalue weighted by molar-refractivity contribution is 0.0990. The lowest BCUT2D eigenvalue weighted by Gasteiger charge is -2.26. The van der Waals surface area contributed by atoms with E-state index in [4.69, 9.17) is 0 Å². The van der Waals surface area contributed by atoms with Crippen LogP contribution in [0.25, 0.3) is 0 Å². The summed E-state index contributed by atoms with van der Waals surface area (Å²) in [6, 6.07) is 13.1. The number of rotatable bonds is 7. The number of nitrogens with one attached hydrogen (secondary N) is 1. The van der Waals surface area contributed by atoms with E-state index >= 15 is 0 Å². The first-order chi connectivity index (χ1) is 12.2. The maximum absolute atomic E-state index is 12.6. The van der Waals surface area contributed by atoms with Gasteiger partial charge in [-0.1, -0.05) is 49.6 Å². The molecule has 0 aliphatic heterocycles. The average Bonchev–Trinajstić information content (AvgIpc) is 2.94. The maximum atomic E-state index is 12.6. The predicted molar refractivity (Wildman–Crippen MR) is 103 cm³/mol. The van der Waals surface area contributed by atoms with Gasteiger partial charge in [-0.3, -0.25) is 4.79 Å². The summed E-state index contributed by atoms with van der Waals surface area (Å²) in [5.41, 5.74) is 4.59. The van der Waals surface area contributed by atoms with E-state index in [1.807, 2.05) is 6.07 Å². The summed E-state index contributed by atoms with van der Waals surface area (Å²) in [5, 5.41) is 3.31. The monoisotopic (exact) mass is 338 g/mol. The van der Waals surface area contributed by atoms with Crippen LogP contribution in [0.1, 0.15) is 65.5 Å². The Labute approximate surface area is 151 Å². The van der Waals surface area contributed by atoms with Crippen LogP contribution in [-0.4, -0.2) is 23.4 Å². The molecule has 0 radical (unpaired) electrons. The van der Waals surface area contributed by atoms with Gasteiger partial charge in [-0.05, 0) is 51.3 Å². The van der Waals surface area contributed by atoms with E-state index in [0.717, 1.165) is 24.2 Å². The number of ketones is 1. The predicted octanol–water partition coefficient (Wildman–Crippen LogP) is 4.63. The van der Waals surface area contributed by atoms with E-state index in [1.54, 1.807) is 0 Å². The van der Waals surface area contributed by atoms with Crippen LogP contribution in [-0.2, 0) is 6.42 Å². The summed E-state index contributed by atoms with van der Waals surface area (Å²) in [6.07, 6.45) is 7.43. The summed E-state index contributed by atoms with van der Waals surface area (Å²) < 4.78 is 2.41. The van der Waals surface area contributed by atoms with Crippen LogP contribution < -0.4 is 5.32 Å². The van der Waals surface area contributed by atoms with E-state index in [9.17, 15) is 4.79 Å². The highest BCUT2D eigenvalue weighted by Gasteiger charge is 2.22. The Morgan fingerprint density at radius 1 is 1.12 bits per heavy atom. The Morgan fingerprint density at radius 2 is 1.84 bits per heavy atom. The number of aromatic nitrogens is 1. The van der Waals surface area contributed by atoms with E-state index in [1.165, 1.54) is 43.4 Å². The Kier molecular flexibility index (Phi) is 6.09. The van der Waals surface area contributed by atoms with Gasteiger partial charge in [0.1, 0.15) is 0 Å². The number of nitrogens with zero attached hydrogens (tertiary/aromatic N) is 1. The van der Waals surface area contributed by atoms with E-state index in [2.05, 4.69) is 54.1 Å². The summed E-state index contributed by atoms with van der Waals surface area (Å²) in [4.78, 5) is 12.6. The number of carbonyl (C=O) groups excluding carboxylic acids is 1. The van der Waals surface area contributed by atoms with Crippen molar-refractivity contribution in [3.63, 3.8) is 0 Å². The first-order valence-corrected chi connectivity index (χ1v) is 9.63. The van der Waals surface area contributed by atoms with Crippen molar-refractivity contribution in [1.82, 2.24) is 9.88 Å². The quantitative estimate of drug-likeness (QED) is 0.590. The van der Waals surface area contributed by atoms with Gasteiger partial charge in [0.25, 0.3) is 0 Å².